The van der Waals surface area contributed by atoms with Crippen LogP contribution in [0, 0.1) is 0 Å². The largest absolute Gasteiger partial charge is 0.356 e. The van der Waals surface area contributed by atoms with Crippen LogP contribution in [0.2, 0.25) is 0 Å². The molecule has 0 saturated carbocycles. The van der Waals surface area contributed by atoms with Crippen LogP contribution in [-0.2, 0) is 0 Å². The molecule has 6 aromatic rings. The van der Waals surface area contributed by atoms with Crippen LogP contribution in [-0.4, -0.2) is 0 Å². The van der Waals surface area contributed by atoms with E-state index < -0.39 is 0 Å². The lowest BCUT2D eigenvalue weighted by Gasteiger charge is -2.10. The van der Waals surface area contributed by atoms with Gasteiger partial charge in [0.15, 0.2) is 0 Å². The van der Waals surface area contributed by atoms with Crippen molar-refractivity contribution in [2.45, 2.75) is 0 Å². The van der Waals surface area contributed by atoms with Gasteiger partial charge in [-0.15, -0.1) is 0 Å². The Bertz CT molecular complexity index is 1550. The van der Waals surface area contributed by atoms with Crippen molar-refractivity contribution in [3.8, 4) is 22.3 Å². The molecule has 0 aliphatic rings. The molecule has 0 atom stereocenters. The Balaban J connectivity index is 1.23. The summed E-state index contributed by atoms with van der Waals surface area (Å²) in [6.07, 6.45) is 0. The van der Waals surface area contributed by atoms with E-state index in [9.17, 15) is 0 Å². The van der Waals surface area contributed by atoms with Gasteiger partial charge in [0.25, 0.3) is 0 Å². The van der Waals surface area contributed by atoms with Crippen LogP contribution in [0.25, 0.3) is 43.8 Å². The van der Waals surface area contributed by atoms with E-state index in [0.29, 0.717) is 0 Å². The number of fused-ring (bicyclic) bond motifs is 3. The van der Waals surface area contributed by atoms with Gasteiger partial charge in [0.1, 0.15) is 0 Å². The number of hydrogen-bond acceptors (Lipinski definition) is 1. The number of hydrogen-bond donors (Lipinski definition) is 1. The van der Waals surface area contributed by atoms with Crippen LogP contribution in [0.15, 0.2) is 133 Å². The Labute approximate surface area is 194 Å². The number of anilines is 2. The summed E-state index contributed by atoms with van der Waals surface area (Å²) >= 11 is 0. The minimum Gasteiger partial charge on any atom is -0.356 e. The highest BCUT2D eigenvalue weighted by Crippen LogP contribution is 2.31. The van der Waals surface area contributed by atoms with Gasteiger partial charge < -0.3 is 5.32 Å². The molecule has 1 nitrogen and oxygen atoms in total. The minimum atomic E-state index is 1.08. The Hall–Kier alpha value is -4.36. The first-order valence-corrected chi connectivity index (χ1v) is 11.3. The van der Waals surface area contributed by atoms with Crippen LogP contribution in [0.4, 0.5) is 11.4 Å². The van der Waals surface area contributed by atoms with E-state index in [-0.39, 0.29) is 0 Å². The molecular weight excluding hydrogens is 398 g/mol. The zero-order chi connectivity index (χ0) is 22.0. The lowest BCUT2D eigenvalue weighted by Crippen LogP contribution is -1.90. The molecular formula is C32H23N. The first-order chi connectivity index (χ1) is 16.3. The Morgan fingerprint density at radius 2 is 0.848 bits per heavy atom. The van der Waals surface area contributed by atoms with Crippen molar-refractivity contribution in [2.24, 2.45) is 0 Å². The number of rotatable bonds is 4. The highest BCUT2D eigenvalue weighted by molar-refractivity contribution is 6.08. The Kier molecular flexibility index (Phi) is 4.86. The highest BCUT2D eigenvalue weighted by atomic mass is 14.9. The normalized spacial score (nSPS) is 11.0. The minimum absolute atomic E-state index is 1.08. The third-order valence-electron chi connectivity index (χ3n) is 6.24. The van der Waals surface area contributed by atoms with E-state index >= 15 is 0 Å². The summed E-state index contributed by atoms with van der Waals surface area (Å²) in [5, 5.41) is 8.67. The molecule has 1 N–H and O–H groups in total. The van der Waals surface area contributed by atoms with E-state index in [1.165, 1.54) is 43.8 Å². The van der Waals surface area contributed by atoms with Gasteiger partial charge in [-0.1, -0.05) is 103 Å². The van der Waals surface area contributed by atoms with Gasteiger partial charge >= 0.3 is 0 Å². The molecule has 0 aliphatic carbocycles. The quantitative estimate of drug-likeness (QED) is 0.280. The lowest BCUT2D eigenvalue weighted by atomic mass is 9.97. The second-order valence-corrected chi connectivity index (χ2v) is 8.37. The fraction of sp³-hybridized carbons (Fsp3) is 0. The summed E-state index contributed by atoms with van der Waals surface area (Å²) in [6.45, 7) is 0. The van der Waals surface area contributed by atoms with Crippen LogP contribution in [0.5, 0.6) is 0 Å². The first-order valence-electron chi connectivity index (χ1n) is 11.3. The zero-order valence-electron chi connectivity index (χ0n) is 18.2. The summed E-state index contributed by atoms with van der Waals surface area (Å²) in [7, 11) is 0. The molecule has 33 heavy (non-hydrogen) atoms. The predicted octanol–water partition coefficient (Wildman–Crippen LogP) is 9.07. The van der Waals surface area contributed by atoms with Crippen molar-refractivity contribution in [3.05, 3.63) is 133 Å². The van der Waals surface area contributed by atoms with Crippen LogP contribution < -0.4 is 5.32 Å². The molecule has 0 fully saturated rings. The van der Waals surface area contributed by atoms with Gasteiger partial charge in [-0.3, -0.25) is 0 Å². The third kappa shape index (κ3) is 3.86. The van der Waals surface area contributed by atoms with Gasteiger partial charge in [0.2, 0.25) is 0 Å². The molecule has 1 heteroatoms. The fourth-order valence-electron chi connectivity index (χ4n) is 4.48. The van der Waals surface area contributed by atoms with Crippen molar-refractivity contribution in [1.82, 2.24) is 0 Å². The summed E-state index contributed by atoms with van der Waals surface area (Å²) in [5.41, 5.74) is 7.07. The summed E-state index contributed by atoms with van der Waals surface area (Å²) in [5.74, 6) is 0. The van der Waals surface area contributed by atoms with E-state index in [4.69, 9.17) is 0 Å². The summed E-state index contributed by atoms with van der Waals surface area (Å²) in [6, 6.07) is 47.4. The second kappa shape index (κ2) is 8.29. The Morgan fingerprint density at radius 3 is 1.58 bits per heavy atom. The first kappa shape index (κ1) is 19.3. The molecule has 0 saturated heterocycles. The SMILES string of the molecule is c1ccc(-c2ccc(Nc3ccc(-c4ccc5c(ccc6ccccc65)c4)cc3)cc2)cc1. The van der Waals surface area contributed by atoms with Crippen molar-refractivity contribution < 1.29 is 0 Å². The van der Waals surface area contributed by atoms with Gasteiger partial charge in [0, 0.05) is 11.4 Å². The lowest BCUT2D eigenvalue weighted by molar-refractivity contribution is 1.54. The topological polar surface area (TPSA) is 12.0 Å². The predicted molar refractivity (Wildman–Crippen MR) is 142 cm³/mol. The van der Waals surface area contributed by atoms with Gasteiger partial charge in [-0.05, 0) is 74.1 Å². The van der Waals surface area contributed by atoms with Crippen molar-refractivity contribution >= 4 is 32.9 Å². The monoisotopic (exact) mass is 421 g/mol. The maximum Gasteiger partial charge on any atom is 0.0384 e. The molecule has 0 heterocycles. The van der Waals surface area contributed by atoms with Crippen molar-refractivity contribution in [2.75, 3.05) is 5.32 Å². The van der Waals surface area contributed by atoms with Crippen molar-refractivity contribution in [1.29, 1.82) is 0 Å². The average molecular weight is 422 g/mol. The third-order valence-corrected chi connectivity index (χ3v) is 6.24. The van der Waals surface area contributed by atoms with Crippen molar-refractivity contribution in [3.63, 3.8) is 0 Å². The van der Waals surface area contributed by atoms with E-state index in [1.807, 2.05) is 6.07 Å². The number of benzene rings is 6. The average Bonchev–Trinajstić information content (AvgIpc) is 2.90. The highest BCUT2D eigenvalue weighted by Gasteiger charge is 2.04. The number of nitrogens with one attached hydrogen (secondary N) is 1. The van der Waals surface area contributed by atoms with Gasteiger partial charge in [-0.2, -0.15) is 0 Å². The van der Waals surface area contributed by atoms with E-state index in [1.54, 1.807) is 0 Å². The van der Waals surface area contributed by atoms with Crippen LogP contribution in [0.1, 0.15) is 0 Å². The van der Waals surface area contributed by atoms with E-state index in [0.717, 1.165) is 11.4 Å². The Morgan fingerprint density at radius 1 is 0.333 bits per heavy atom. The van der Waals surface area contributed by atoms with E-state index in [2.05, 4.69) is 133 Å². The van der Waals surface area contributed by atoms with Gasteiger partial charge in [0.05, 0.1) is 0 Å². The zero-order valence-corrected chi connectivity index (χ0v) is 18.2. The molecule has 0 amide bonds. The van der Waals surface area contributed by atoms with Gasteiger partial charge in [-0.25, -0.2) is 0 Å². The maximum atomic E-state index is 3.51. The smallest absolute Gasteiger partial charge is 0.0384 e. The summed E-state index contributed by atoms with van der Waals surface area (Å²) < 4.78 is 0. The molecule has 0 spiro atoms. The standard InChI is InChI=1S/C32H23N/c1-2-6-23(7-3-1)24-12-17-29(18-13-24)33-30-19-14-25(15-20-30)27-16-21-32-28(22-27)11-10-26-8-4-5-9-31(26)32/h1-22,33H. The molecule has 0 unspecified atom stereocenters. The molecule has 0 radical (unpaired) electrons. The molecule has 6 rings (SSSR count). The molecule has 6 aromatic carbocycles. The van der Waals surface area contributed by atoms with Crippen LogP contribution in [0.3, 0.4) is 0 Å². The molecule has 0 aromatic heterocycles. The molecule has 0 aliphatic heterocycles. The summed E-state index contributed by atoms with van der Waals surface area (Å²) in [4.78, 5) is 0. The van der Waals surface area contributed by atoms with Crippen LogP contribution >= 0.6 is 0 Å². The second-order valence-electron chi connectivity index (χ2n) is 8.37. The fourth-order valence-corrected chi connectivity index (χ4v) is 4.48. The molecule has 0 bridgehead atoms. The molecule has 156 valence electrons. The maximum absolute atomic E-state index is 3.51.